The third kappa shape index (κ3) is 3.88. The average molecular weight is 275 g/mol. The molecule has 20 heavy (non-hydrogen) atoms. The molecule has 0 spiro atoms. The Kier molecular flexibility index (Phi) is 4.82. The van der Waals surface area contributed by atoms with Gasteiger partial charge in [-0.1, -0.05) is 36.3 Å². The molecule has 2 rings (SSSR count). The van der Waals surface area contributed by atoms with Crippen LogP contribution in [-0.4, -0.2) is 6.21 Å². The molecule has 104 valence electrons. The maximum Gasteiger partial charge on any atom is 0.145 e. The van der Waals surface area contributed by atoms with Crippen LogP contribution in [0.2, 0.25) is 0 Å². The van der Waals surface area contributed by atoms with Gasteiger partial charge in [-0.15, -0.1) is 0 Å². The van der Waals surface area contributed by atoms with Gasteiger partial charge in [-0.2, -0.15) is 0 Å². The Morgan fingerprint density at radius 3 is 2.55 bits per heavy atom. The number of halogens is 2. The molecule has 2 aromatic carbocycles. The summed E-state index contributed by atoms with van der Waals surface area (Å²) < 4.78 is 26.2. The lowest BCUT2D eigenvalue weighted by Gasteiger charge is -2.02. The van der Waals surface area contributed by atoms with Crippen LogP contribution in [0.15, 0.2) is 47.6 Å². The van der Waals surface area contributed by atoms with Crippen molar-refractivity contribution < 1.29 is 13.6 Å². The highest BCUT2D eigenvalue weighted by atomic mass is 19.1. The minimum Gasteiger partial charge on any atom is -0.391 e. The first-order valence-electron chi connectivity index (χ1n) is 6.37. The molecule has 0 bridgehead atoms. The fourth-order valence-electron chi connectivity index (χ4n) is 1.70. The first kappa shape index (κ1) is 14.2. The summed E-state index contributed by atoms with van der Waals surface area (Å²) in [7, 11) is 0. The maximum absolute atomic E-state index is 13.3. The van der Waals surface area contributed by atoms with Crippen molar-refractivity contribution in [1.82, 2.24) is 0 Å². The molecule has 0 aromatic heterocycles. The molecule has 0 amide bonds. The fourth-order valence-corrected chi connectivity index (χ4v) is 1.70. The van der Waals surface area contributed by atoms with Crippen LogP contribution >= 0.6 is 0 Å². The monoisotopic (exact) mass is 275 g/mol. The molecule has 4 heteroatoms. The van der Waals surface area contributed by atoms with Crippen LogP contribution in [0, 0.1) is 11.6 Å². The van der Waals surface area contributed by atoms with Crippen LogP contribution in [-0.2, 0) is 17.9 Å². The molecule has 0 aliphatic heterocycles. The van der Waals surface area contributed by atoms with Gasteiger partial charge >= 0.3 is 0 Å². The molecule has 0 N–H and O–H groups in total. The molecule has 0 aliphatic carbocycles. The predicted octanol–water partition coefficient (Wildman–Crippen LogP) is 4.08. The van der Waals surface area contributed by atoms with Gasteiger partial charge in [0.2, 0.25) is 0 Å². The van der Waals surface area contributed by atoms with E-state index in [-0.39, 0.29) is 12.2 Å². The molecular formula is C16H15F2NO. The largest absolute Gasteiger partial charge is 0.391 e. The summed E-state index contributed by atoms with van der Waals surface area (Å²) in [5.74, 6) is -1.00. The third-order valence-corrected chi connectivity index (χ3v) is 2.89. The fraction of sp³-hybridized carbons (Fsp3) is 0.188. The molecule has 0 saturated heterocycles. The Morgan fingerprint density at radius 1 is 1.10 bits per heavy atom. The number of hydrogen-bond acceptors (Lipinski definition) is 2. The lowest BCUT2D eigenvalue weighted by atomic mass is 10.1. The topological polar surface area (TPSA) is 21.6 Å². The zero-order valence-electron chi connectivity index (χ0n) is 11.1. The lowest BCUT2D eigenvalue weighted by Crippen LogP contribution is -1.94. The Labute approximate surface area is 116 Å². The third-order valence-electron chi connectivity index (χ3n) is 2.89. The number of nitrogens with zero attached hydrogens (tertiary/aromatic N) is 1. The molecule has 0 atom stereocenters. The Balaban J connectivity index is 1.91. The first-order chi connectivity index (χ1) is 9.69. The molecule has 0 heterocycles. The van der Waals surface area contributed by atoms with Crippen molar-refractivity contribution in [3.05, 3.63) is 70.8 Å². The van der Waals surface area contributed by atoms with Crippen molar-refractivity contribution in [2.24, 2.45) is 5.16 Å². The van der Waals surface area contributed by atoms with Gasteiger partial charge in [0.15, 0.2) is 0 Å². The molecule has 0 aliphatic rings. The lowest BCUT2D eigenvalue weighted by molar-refractivity contribution is 0.129. The predicted molar refractivity (Wildman–Crippen MR) is 74.6 cm³/mol. The minimum atomic E-state index is -0.506. The average Bonchev–Trinajstić information content (AvgIpc) is 2.47. The van der Waals surface area contributed by atoms with Crippen LogP contribution in [0.1, 0.15) is 23.6 Å². The normalized spacial score (nSPS) is 10.9. The van der Waals surface area contributed by atoms with Crippen molar-refractivity contribution in [2.75, 3.05) is 0 Å². The number of aryl methyl sites for hydroxylation is 1. The smallest absolute Gasteiger partial charge is 0.145 e. The van der Waals surface area contributed by atoms with Gasteiger partial charge in [0.1, 0.15) is 18.2 Å². The molecular weight excluding hydrogens is 260 g/mol. The van der Waals surface area contributed by atoms with Crippen molar-refractivity contribution in [3.63, 3.8) is 0 Å². The van der Waals surface area contributed by atoms with Crippen molar-refractivity contribution in [1.29, 1.82) is 0 Å². The highest BCUT2D eigenvalue weighted by molar-refractivity contribution is 5.79. The molecule has 2 aromatic rings. The quantitative estimate of drug-likeness (QED) is 0.595. The van der Waals surface area contributed by atoms with E-state index >= 15 is 0 Å². The summed E-state index contributed by atoms with van der Waals surface area (Å²) >= 11 is 0. The molecule has 0 radical (unpaired) electrons. The van der Waals surface area contributed by atoms with Crippen LogP contribution in [0.25, 0.3) is 0 Å². The van der Waals surface area contributed by atoms with Crippen LogP contribution in [0.3, 0.4) is 0 Å². The van der Waals surface area contributed by atoms with Crippen LogP contribution in [0.5, 0.6) is 0 Å². The van der Waals surface area contributed by atoms with E-state index < -0.39 is 11.6 Å². The SMILES string of the molecule is CCc1ccc(C=NOCc2cc(F)ccc2F)cc1. The second-order valence-electron chi connectivity index (χ2n) is 4.34. The second-order valence-corrected chi connectivity index (χ2v) is 4.34. The van der Waals surface area contributed by atoms with Gasteiger partial charge < -0.3 is 4.84 Å². The van der Waals surface area contributed by atoms with E-state index in [1.807, 2.05) is 24.3 Å². The summed E-state index contributed by atoms with van der Waals surface area (Å²) in [6.07, 6.45) is 2.52. The summed E-state index contributed by atoms with van der Waals surface area (Å²) in [6.45, 7) is 1.98. The zero-order valence-corrected chi connectivity index (χ0v) is 11.1. The minimum absolute atomic E-state index is 0.104. The van der Waals surface area contributed by atoms with Gasteiger partial charge in [0.25, 0.3) is 0 Å². The maximum atomic E-state index is 13.3. The van der Waals surface area contributed by atoms with E-state index in [0.717, 1.165) is 30.2 Å². The second kappa shape index (κ2) is 6.80. The van der Waals surface area contributed by atoms with Crippen LogP contribution in [0.4, 0.5) is 8.78 Å². The molecule has 0 fully saturated rings. The summed E-state index contributed by atoms with van der Waals surface area (Å²) in [5, 5.41) is 3.75. The van der Waals surface area contributed by atoms with E-state index in [2.05, 4.69) is 12.1 Å². The molecule has 2 nitrogen and oxygen atoms in total. The Morgan fingerprint density at radius 2 is 1.85 bits per heavy atom. The summed E-state index contributed by atoms with van der Waals surface area (Å²) in [4.78, 5) is 4.98. The van der Waals surface area contributed by atoms with Gasteiger partial charge in [-0.3, -0.25) is 0 Å². The highest BCUT2D eigenvalue weighted by Gasteiger charge is 2.03. The summed E-state index contributed by atoms with van der Waals surface area (Å²) in [6, 6.07) is 11.1. The van der Waals surface area contributed by atoms with Gasteiger partial charge in [-0.05, 0) is 35.7 Å². The number of hydrogen-bond donors (Lipinski definition) is 0. The highest BCUT2D eigenvalue weighted by Crippen LogP contribution is 2.11. The van der Waals surface area contributed by atoms with Crippen LogP contribution < -0.4 is 0 Å². The Bertz CT molecular complexity index is 594. The number of benzene rings is 2. The van der Waals surface area contributed by atoms with Gasteiger partial charge in [-0.25, -0.2) is 8.78 Å². The van der Waals surface area contributed by atoms with Gasteiger partial charge in [0.05, 0.1) is 6.21 Å². The zero-order chi connectivity index (χ0) is 14.4. The van der Waals surface area contributed by atoms with Crippen molar-refractivity contribution >= 4 is 6.21 Å². The Hall–Kier alpha value is -2.23. The number of oxime groups is 1. The van der Waals surface area contributed by atoms with Crippen molar-refractivity contribution in [3.8, 4) is 0 Å². The molecule has 0 unspecified atom stereocenters. The van der Waals surface area contributed by atoms with Gasteiger partial charge in [0, 0.05) is 5.56 Å². The van der Waals surface area contributed by atoms with E-state index in [1.54, 1.807) is 0 Å². The van der Waals surface area contributed by atoms with E-state index in [0.29, 0.717) is 0 Å². The first-order valence-corrected chi connectivity index (χ1v) is 6.37. The molecule has 0 saturated carbocycles. The van der Waals surface area contributed by atoms with E-state index in [9.17, 15) is 8.78 Å². The van der Waals surface area contributed by atoms with E-state index in [1.165, 1.54) is 11.8 Å². The van der Waals surface area contributed by atoms with Crippen molar-refractivity contribution in [2.45, 2.75) is 20.0 Å². The number of rotatable bonds is 5. The van der Waals surface area contributed by atoms with E-state index in [4.69, 9.17) is 4.84 Å². The summed E-state index contributed by atoms with van der Waals surface area (Å²) in [5.41, 5.74) is 2.27. The standard InChI is InChI=1S/C16H15F2NO/c1-2-12-3-5-13(6-4-12)10-19-20-11-14-9-15(17)7-8-16(14)18/h3-10H,2,11H2,1H3.